The van der Waals surface area contributed by atoms with E-state index in [1.165, 1.54) is 4.90 Å². The smallest absolute Gasteiger partial charge is 0.416 e. The summed E-state index contributed by atoms with van der Waals surface area (Å²) >= 11 is 0. The standard InChI is InChI=1S/C24H15F4NO4/c25-17-6-5-14(24(26,27)28)7-13(17)10-29-18-4-2-1-3-15(18)23(22(29)30)11-31-19-9-21-20(8-16(19)23)32-12-33-21/h1-9H,10-12H2. The Labute approximate surface area is 185 Å². The Morgan fingerprint density at radius 2 is 1.67 bits per heavy atom. The third-order valence-electron chi connectivity index (χ3n) is 6.35. The van der Waals surface area contributed by atoms with Crippen molar-refractivity contribution in [2.24, 2.45) is 0 Å². The second kappa shape index (κ2) is 6.63. The summed E-state index contributed by atoms with van der Waals surface area (Å²) in [6, 6.07) is 12.5. The molecular formula is C24H15F4NO4. The van der Waals surface area contributed by atoms with Crippen molar-refractivity contribution >= 4 is 11.6 Å². The zero-order valence-electron chi connectivity index (χ0n) is 16.9. The lowest BCUT2D eigenvalue weighted by molar-refractivity contribution is -0.137. The largest absolute Gasteiger partial charge is 0.491 e. The molecule has 6 rings (SSSR count). The molecule has 1 amide bonds. The molecule has 0 fully saturated rings. The molecule has 1 atom stereocenters. The maximum absolute atomic E-state index is 14.5. The fourth-order valence-corrected chi connectivity index (χ4v) is 4.76. The number of para-hydroxylation sites is 1. The summed E-state index contributed by atoms with van der Waals surface area (Å²) in [5, 5.41) is 0. The average molecular weight is 457 g/mol. The van der Waals surface area contributed by atoms with Gasteiger partial charge in [-0.2, -0.15) is 13.2 Å². The minimum atomic E-state index is -4.63. The third kappa shape index (κ3) is 2.74. The van der Waals surface area contributed by atoms with Gasteiger partial charge < -0.3 is 19.1 Å². The molecule has 3 aliphatic heterocycles. The quantitative estimate of drug-likeness (QED) is 0.519. The van der Waals surface area contributed by atoms with Crippen LogP contribution in [-0.4, -0.2) is 19.3 Å². The molecule has 1 spiro atoms. The zero-order chi connectivity index (χ0) is 23.0. The number of fused-ring (bicyclic) bond motifs is 5. The molecule has 3 aromatic carbocycles. The lowest BCUT2D eigenvalue weighted by Gasteiger charge is -2.23. The van der Waals surface area contributed by atoms with Gasteiger partial charge >= 0.3 is 6.18 Å². The van der Waals surface area contributed by atoms with E-state index in [1.807, 2.05) is 0 Å². The molecular weight excluding hydrogens is 442 g/mol. The lowest BCUT2D eigenvalue weighted by Crippen LogP contribution is -2.42. The van der Waals surface area contributed by atoms with E-state index < -0.39 is 28.9 Å². The van der Waals surface area contributed by atoms with Crippen molar-refractivity contribution in [1.82, 2.24) is 0 Å². The van der Waals surface area contributed by atoms with Crippen LogP contribution in [0.25, 0.3) is 0 Å². The number of halogens is 4. The van der Waals surface area contributed by atoms with E-state index in [9.17, 15) is 22.4 Å². The van der Waals surface area contributed by atoms with E-state index in [0.717, 1.165) is 12.1 Å². The SMILES string of the molecule is O=C1N(Cc2cc(C(F)(F)F)ccc2F)c2ccccc2C12COc1cc3c(cc12)OCO3. The molecule has 0 saturated carbocycles. The van der Waals surface area contributed by atoms with Crippen molar-refractivity contribution in [2.75, 3.05) is 18.3 Å². The van der Waals surface area contributed by atoms with Crippen LogP contribution in [0.2, 0.25) is 0 Å². The number of nitrogens with zero attached hydrogens (tertiary/aromatic N) is 1. The Bertz CT molecular complexity index is 1320. The van der Waals surface area contributed by atoms with Crippen molar-refractivity contribution in [3.63, 3.8) is 0 Å². The van der Waals surface area contributed by atoms with Gasteiger partial charge in [0.05, 0.1) is 12.1 Å². The zero-order valence-corrected chi connectivity index (χ0v) is 16.9. The van der Waals surface area contributed by atoms with Crippen molar-refractivity contribution in [3.05, 3.63) is 82.7 Å². The molecule has 0 aliphatic carbocycles. The Kier molecular flexibility index (Phi) is 4.00. The highest BCUT2D eigenvalue weighted by Gasteiger charge is 2.57. The van der Waals surface area contributed by atoms with Gasteiger partial charge in [0.1, 0.15) is 23.6 Å². The molecule has 168 valence electrons. The number of ether oxygens (including phenoxy) is 3. The third-order valence-corrected chi connectivity index (χ3v) is 6.35. The maximum atomic E-state index is 14.5. The Hall–Kier alpha value is -3.75. The van der Waals surface area contributed by atoms with Gasteiger partial charge in [-0.25, -0.2) is 4.39 Å². The van der Waals surface area contributed by atoms with Crippen molar-refractivity contribution in [3.8, 4) is 17.2 Å². The molecule has 0 N–H and O–H groups in total. The number of rotatable bonds is 2. The Morgan fingerprint density at radius 1 is 0.909 bits per heavy atom. The number of carbonyl (C=O) groups is 1. The summed E-state index contributed by atoms with van der Waals surface area (Å²) in [4.78, 5) is 15.2. The lowest BCUT2D eigenvalue weighted by atomic mass is 9.77. The first-order chi connectivity index (χ1) is 15.8. The first kappa shape index (κ1) is 19.9. The van der Waals surface area contributed by atoms with E-state index in [0.29, 0.717) is 40.1 Å². The van der Waals surface area contributed by atoms with Gasteiger partial charge in [0.2, 0.25) is 12.7 Å². The van der Waals surface area contributed by atoms with Crippen LogP contribution in [-0.2, 0) is 22.9 Å². The highest BCUT2D eigenvalue weighted by atomic mass is 19.4. The first-order valence-corrected chi connectivity index (χ1v) is 10.1. The maximum Gasteiger partial charge on any atom is 0.416 e. The van der Waals surface area contributed by atoms with Crippen LogP contribution >= 0.6 is 0 Å². The van der Waals surface area contributed by atoms with E-state index in [2.05, 4.69) is 0 Å². The molecule has 1 unspecified atom stereocenters. The van der Waals surface area contributed by atoms with E-state index in [4.69, 9.17) is 14.2 Å². The van der Waals surface area contributed by atoms with Crippen molar-refractivity contribution in [1.29, 1.82) is 0 Å². The molecule has 3 aromatic rings. The summed E-state index contributed by atoms with van der Waals surface area (Å²) in [5.74, 6) is 0.229. The predicted molar refractivity (Wildman–Crippen MR) is 108 cm³/mol. The fraction of sp³-hybridized carbons (Fsp3) is 0.208. The Morgan fingerprint density at radius 3 is 2.45 bits per heavy atom. The van der Waals surface area contributed by atoms with Crippen LogP contribution in [0.15, 0.2) is 54.6 Å². The van der Waals surface area contributed by atoms with Crippen LogP contribution in [0.5, 0.6) is 17.2 Å². The molecule has 9 heteroatoms. The molecule has 0 bridgehead atoms. The summed E-state index contributed by atoms with van der Waals surface area (Å²) in [6.45, 7) is -0.299. The number of anilines is 1. The fourth-order valence-electron chi connectivity index (χ4n) is 4.76. The number of amides is 1. The highest BCUT2D eigenvalue weighted by molar-refractivity contribution is 6.11. The van der Waals surface area contributed by atoms with Crippen molar-refractivity contribution < 1.29 is 36.6 Å². The molecule has 3 aliphatic rings. The molecule has 5 nitrogen and oxygen atoms in total. The normalized spacial score (nSPS) is 20.2. The van der Waals surface area contributed by atoms with Gasteiger partial charge in [0, 0.05) is 22.9 Å². The predicted octanol–water partition coefficient (Wildman–Crippen LogP) is 4.80. The molecule has 3 heterocycles. The number of hydrogen-bond acceptors (Lipinski definition) is 4. The summed E-state index contributed by atoms with van der Waals surface area (Å²) in [6.07, 6.45) is -4.63. The number of benzene rings is 3. The van der Waals surface area contributed by atoms with Gasteiger partial charge in [-0.1, -0.05) is 18.2 Å². The monoisotopic (exact) mass is 457 g/mol. The molecule has 0 radical (unpaired) electrons. The topological polar surface area (TPSA) is 48.0 Å². The summed E-state index contributed by atoms with van der Waals surface area (Å²) in [5.41, 5.74) is -0.708. The number of carbonyl (C=O) groups excluding carboxylic acids is 1. The van der Waals surface area contributed by atoms with E-state index >= 15 is 0 Å². The molecule has 0 aromatic heterocycles. The van der Waals surface area contributed by atoms with E-state index in [1.54, 1.807) is 36.4 Å². The van der Waals surface area contributed by atoms with Crippen LogP contribution in [0.1, 0.15) is 22.3 Å². The molecule has 33 heavy (non-hydrogen) atoms. The van der Waals surface area contributed by atoms with Gasteiger partial charge in [-0.05, 0) is 35.9 Å². The van der Waals surface area contributed by atoms with E-state index in [-0.39, 0.29) is 25.5 Å². The average Bonchev–Trinajstić information content (AvgIpc) is 3.45. The highest BCUT2D eigenvalue weighted by Crippen LogP contribution is 2.55. The van der Waals surface area contributed by atoms with Crippen molar-refractivity contribution in [2.45, 2.75) is 18.1 Å². The van der Waals surface area contributed by atoms with Crippen LogP contribution < -0.4 is 19.1 Å². The summed E-state index contributed by atoms with van der Waals surface area (Å²) in [7, 11) is 0. The van der Waals surface area contributed by atoms with Gasteiger partial charge in [-0.3, -0.25) is 4.79 Å². The minimum Gasteiger partial charge on any atom is -0.491 e. The number of alkyl halides is 3. The van der Waals surface area contributed by atoms with Crippen LogP contribution in [0.4, 0.5) is 23.2 Å². The van der Waals surface area contributed by atoms with Crippen LogP contribution in [0, 0.1) is 5.82 Å². The summed E-state index contributed by atoms with van der Waals surface area (Å²) < 4.78 is 70.9. The second-order valence-corrected chi connectivity index (χ2v) is 8.11. The van der Waals surface area contributed by atoms with Crippen LogP contribution in [0.3, 0.4) is 0 Å². The van der Waals surface area contributed by atoms with Gasteiger partial charge in [0.25, 0.3) is 0 Å². The molecule has 0 saturated heterocycles. The first-order valence-electron chi connectivity index (χ1n) is 10.1. The second-order valence-electron chi connectivity index (χ2n) is 8.11. The van der Waals surface area contributed by atoms with Gasteiger partial charge in [0.15, 0.2) is 11.5 Å². The number of hydrogen-bond donors (Lipinski definition) is 0. The minimum absolute atomic E-state index is 0.00263. The Balaban J connectivity index is 1.47. The van der Waals surface area contributed by atoms with Gasteiger partial charge in [-0.15, -0.1) is 0 Å².